The van der Waals surface area contributed by atoms with Gasteiger partial charge in [-0.1, -0.05) is 13.3 Å². The minimum Gasteiger partial charge on any atom is -0.476 e. The van der Waals surface area contributed by atoms with Crippen molar-refractivity contribution < 1.29 is 9.90 Å². The second kappa shape index (κ2) is 4.08. The number of aryl methyl sites for hydroxylation is 1. The van der Waals surface area contributed by atoms with Crippen LogP contribution in [0.15, 0.2) is 4.79 Å². The molecule has 86 valence electrons. The lowest BCUT2D eigenvalue weighted by Crippen LogP contribution is -2.26. The van der Waals surface area contributed by atoms with E-state index < -0.39 is 11.7 Å². The van der Waals surface area contributed by atoms with Gasteiger partial charge in [0.05, 0.1) is 0 Å². The molecule has 0 spiro atoms. The average molecular weight is 222 g/mol. The highest BCUT2D eigenvalue weighted by atomic mass is 16.4. The first kappa shape index (κ1) is 10.9. The van der Waals surface area contributed by atoms with Crippen molar-refractivity contribution in [1.82, 2.24) is 9.97 Å². The Kier molecular flexibility index (Phi) is 2.77. The van der Waals surface area contributed by atoms with E-state index in [-0.39, 0.29) is 5.69 Å². The van der Waals surface area contributed by atoms with Crippen LogP contribution < -0.4 is 5.69 Å². The number of rotatable bonds is 2. The highest BCUT2D eigenvalue weighted by Gasteiger charge is 2.24. The van der Waals surface area contributed by atoms with Crippen LogP contribution in [0, 0.1) is 5.92 Å². The number of aromatic carboxylic acids is 1. The maximum atomic E-state index is 11.2. The molecule has 1 aromatic heterocycles. The van der Waals surface area contributed by atoms with Crippen LogP contribution in [-0.2, 0) is 12.8 Å². The molecule has 0 bridgehead atoms. The molecule has 0 fully saturated rings. The van der Waals surface area contributed by atoms with Gasteiger partial charge in [0.1, 0.15) is 0 Å². The van der Waals surface area contributed by atoms with E-state index in [1.807, 2.05) is 0 Å². The molecule has 0 amide bonds. The molecular formula is C11H14N2O3. The number of hydrogen-bond donors (Lipinski definition) is 2. The topological polar surface area (TPSA) is 83.0 Å². The molecule has 5 heteroatoms. The zero-order valence-electron chi connectivity index (χ0n) is 9.12. The van der Waals surface area contributed by atoms with Crippen LogP contribution in [0.5, 0.6) is 0 Å². The number of nitrogens with one attached hydrogen (secondary N) is 1. The maximum absolute atomic E-state index is 11.2. The number of carboxylic acid groups (broad SMARTS) is 1. The minimum absolute atomic E-state index is 0.0723. The molecular weight excluding hydrogens is 208 g/mol. The van der Waals surface area contributed by atoms with E-state index in [2.05, 4.69) is 16.9 Å². The summed E-state index contributed by atoms with van der Waals surface area (Å²) in [5.41, 5.74) is 0.829. The Morgan fingerprint density at radius 2 is 2.38 bits per heavy atom. The molecule has 1 aliphatic rings. The Morgan fingerprint density at radius 3 is 3.00 bits per heavy atom. The maximum Gasteiger partial charge on any atom is 0.355 e. The van der Waals surface area contributed by atoms with Crippen molar-refractivity contribution in [2.24, 2.45) is 5.92 Å². The Balaban J connectivity index is 2.51. The molecule has 2 rings (SSSR count). The average Bonchev–Trinajstić information content (AvgIpc) is 2.27. The highest BCUT2D eigenvalue weighted by Crippen LogP contribution is 2.26. The number of carbonyl (C=O) groups is 1. The standard InChI is InChI=1S/C11H14N2O3/c1-2-6-3-4-8-7(5-6)9(10(14)15)13-11(16)12-8/h6H,2-5H2,1H3,(H,14,15)(H,12,13,16). The third-order valence-corrected chi connectivity index (χ3v) is 3.20. The van der Waals surface area contributed by atoms with E-state index in [1.165, 1.54) is 0 Å². The van der Waals surface area contributed by atoms with Gasteiger partial charge in [0.2, 0.25) is 0 Å². The van der Waals surface area contributed by atoms with Gasteiger partial charge in [0.25, 0.3) is 0 Å². The zero-order valence-corrected chi connectivity index (χ0v) is 9.12. The highest BCUT2D eigenvalue weighted by molar-refractivity contribution is 5.87. The molecule has 0 saturated carbocycles. The Labute approximate surface area is 92.5 Å². The zero-order chi connectivity index (χ0) is 11.7. The number of H-pyrrole nitrogens is 1. The van der Waals surface area contributed by atoms with Crippen molar-refractivity contribution in [1.29, 1.82) is 0 Å². The van der Waals surface area contributed by atoms with Crippen LogP contribution in [0.1, 0.15) is 41.5 Å². The van der Waals surface area contributed by atoms with Crippen LogP contribution in [-0.4, -0.2) is 21.0 Å². The predicted molar refractivity (Wildman–Crippen MR) is 57.6 cm³/mol. The SMILES string of the molecule is CCC1CCc2[nH]c(=O)nc(C(=O)O)c2C1. The molecule has 2 N–H and O–H groups in total. The van der Waals surface area contributed by atoms with E-state index >= 15 is 0 Å². The fraction of sp³-hybridized carbons (Fsp3) is 0.545. The number of aromatic amines is 1. The Morgan fingerprint density at radius 1 is 1.62 bits per heavy atom. The second-order valence-corrected chi connectivity index (χ2v) is 4.17. The smallest absolute Gasteiger partial charge is 0.355 e. The summed E-state index contributed by atoms with van der Waals surface area (Å²) in [7, 11) is 0. The molecule has 1 heterocycles. The molecule has 1 unspecified atom stereocenters. The fourth-order valence-electron chi connectivity index (χ4n) is 2.24. The molecule has 0 saturated heterocycles. The summed E-state index contributed by atoms with van der Waals surface area (Å²) in [6, 6.07) is 0. The van der Waals surface area contributed by atoms with Crippen molar-refractivity contribution >= 4 is 5.97 Å². The van der Waals surface area contributed by atoms with Crippen LogP contribution in [0.25, 0.3) is 0 Å². The van der Waals surface area contributed by atoms with Gasteiger partial charge in [-0.25, -0.2) is 9.59 Å². The molecule has 1 atom stereocenters. The van der Waals surface area contributed by atoms with Gasteiger partial charge < -0.3 is 10.1 Å². The second-order valence-electron chi connectivity index (χ2n) is 4.17. The molecule has 0 radical (unpaired) electrons. The minimum atomic E-state index is -1.11. The van der Waals surface area contributed by atoms with E-state index in [0.29, 0.717) is 17.9 Å². The summed E-state index contributed by atoms with van der Waals surface area (Å²) >= 11 is 0. The molecule has 1 aromatic rings. The Bertz CT molecular complexity index is 479. The summed E-state index contributed by atoms with van der Waals surface area (Å²) in [6.45, 7) is 2.09. The number of nitrogens with zero attached hydrogens (tertiary/aromatic N) is 1. The van der Waals surface area contributed by atoms with Gasteiger partial charge in [-0.2, -0.15) is 4.98 Å². The largest absolute Gasteiger partial charge is 0.476 e. The monoisotopic (exact) mass is 222 g/mol. The van der Waals surface area contributed by atoms with E-state index in [4.69, 9.17) is 5.11 Å². The molecule has 16 heavy (non-hydrogen) atoms. The number of fused-ring (bicyclic) bond motifs is 1. The summed E-state index contributed by atoms with van der Waals surface area (Å²) in [4.78, 5) is 28.4. The first-order valence-corrected chi connectivity index (χ1v) is 5.47. The van der Waals surface area contributed by atoms with Gasteiger partial charge in [0, 0.05) is 11.3 Å². The van der Waals surface area contributed by atoms with Crippen molar-refractivity contribution in [3.05, 3.63) is 27.4 Å². The Hall–Kier alpha value is -1.65. The summed E-state index contributed by atoms with van der Waals surface area (Å²) in [6.07, 6.45) is 3.48. The predicted octanol–water partition coefficient (Wildman–Crippen LogP) is 0.983. The fourth-order valence-corrected chi connectivity index (χ4v) is 2.24. The third kappa shape index (κ3) is 1.85. The first-order chi connectivity index (χ1) is 7.61. The van der Waals surface area contributed by atoms with Crippen LogP contribution >= 0.6 is 0 Å². The molecule has 0 aliphatic heterocycles. The van der Waals surface area contributed by atoms with Gasteiger partial charge >= 0.3 is 11.7 Å². The van der Waals surface area contributed by atoms with E-state index in [1.54, 1.807) is 0 Å². The van der Waals surface area contributed by atoms with E-state index in [9.17, 15) is 9.59 Å². The van der Waals surface area contributed by atoms with Crippen LogP contribution in [0.4, 0.5) is 0 Å². The van der Waals surface area contributed by atoms with Crippen molar-refractivity contribution in [3.63, 3.8) is 0 Å². The van der Waals surface area contributed by atoms with Gasteiger partial charge in [-0.05, 0) is 25.2 Å². The lowest BCUT2D eigenvalue weighted by atomic mass is 9.84. The molecule has 1 aliphatic carbocycles. The summed E-state index contributed by atoms with van der Waals surface area (Å²) in [5, 5.41) is 9.01. The van der Waals surface area contributed by atoms with Crippen molar-refractivity contribution in [2.75, 3.05) is 0 Å². The van der Waals surface area contributed by atoms with Crippen LogP contribution in [0.2, 0.25) is 0 Å². The van der Waals surface area contributed by atoms with Gasteiger partial charge in [0.15, 0.2) is 5.69 Å². The lowest BCUT2D eigenvalue weighted by Gasteiger charge is -2.23. The van der Waals surface area contributed by atoms with Crippen LogP contribution in [0.3, 0.4) is 0 Å². The summed E-state index contributed by atoms with van der Waals surface area (Å²) < 4.78 is 0. The molecule has 5 nitrogen and oxygen atoms in total. The number of hydrogen-bond acceptors (Lipinski definition) is 3. The quantitative estimate of drug-likeness (QED) is 0.781. The number of aromatic nitrogens is 2. The number of carboxylic acids is 1. The van der Waals surface area contributed by atoms with E-state index in [0.717, 1.165) is 25.0 Å². The third-order valence-electron chi connectivity index (χ3n) is 3.20. The van der Waals surface area contributed by atoms with Gasteiger partial charge in [-0.15, -0.1) is 0 Å². The first-order valence-electron chi connectivity index (χ1n) is 5.47. The summed E-state index contributed by atoms with van der Waals surface area (Å²) in [5.74, 6) is -0.614. The van der Waals surface area contributed by atoms with Crippen molar-refractivity contribution in [3.8, 4) is 0 Å². The normalized spacial score (nSPS) is 19.2. The van der Waals surface area contributed by atoms with Crippen molar-refractivity contribution in [2.45, 2.75) is 32.6 Å². The lowest BCUT2D eigenvalue weighted by molar-refractivity contribution is 0.0687. The molecule has 0 aromatic carbocycles. The van der Waals surface area contributed by atoms with Gasteiger partial charge in [-0.3, -0.25) is 0 Å².